The van der Waals surface area contributed by atoms with Crippen LogP contribution in [-0.4, -0.2) is 30.0 Å². The summed E-state index contributed by atoms with van der Waals surface area (Å²) in [6.45, 7) is 1.58. The second kappa shape index (κ2) is 5.97. The van der Waals surface area contributed by atoms with Gasteiger partial charge in [-0.25, -0.2) is 4.79 Å². The van der Waals surface area contributed by atoms with Crippen molar-refractivity contribution in [1.29, 1.82) is 0 Å². The maximum atomic E-state index is 12.7. The number of amides is 4. The van der Waals surface area contributed by atoms with Gasteiger partial charge in [-0.2, -0.15) is 5.01 Å². The third-order valence-electron chi connectivity index (χ3n) is 3.80. The standard InChI is InChI=1S/C16H15N3O4S/c1-16(10-5-3-6-11(9-10)23-2)14(21)19(15(22)17-16)18-13(20)12-7-4-8-24-12/h3-9H,1-2H3,(H,17,22)(H,18,20)/t16-/m0/s1. The number of nitrogens with zero attached hydrogens (tertiary/aromatic N) is 1. The van der Waals surface area contributed by atoms with E-state index in [1.54, 1.807) is 48.7 Å². The number of nitrogens with one attached hydrogen (secondary N) is 2. The molecule has 24 heavy (non-hydrogen) atoms. The first-order chi connectivity index (χ1) is 11.5. The molecule has 0 aliphatic carbocycles. The lowest BCUT2D eigenvalue weighted by molar-refractivity contribution is -0.132. The SMILES string of the molecule is COc1cccc([C@]2(C)NC(=O)N(NC(=O)c3cccs3)C2=O)c1. The van der Waals surface area contributed by atoms with E-state index in [2.05, 4.69) is 10.7 Å². The molecule has 0 bridgehead atoms. The number of imide groups is 1. The van der Waals surface area contributed by atoms with E-state index in [4.69, 9.17) is 4.74 Å². The lowest BCUT2D eigenvalue weighted by atomic mass is 9.92. The molecule has 0 saturated carbocycles. The number of hydrazine groups is 1. The minimum atomic E-state index is -1.28. The molecule has 1 fully saturated rings. The highest BCUT2D eigenvalue weighted by molar-refractivity contribution is 7.12. The minimum absolute atomic E-state index is 0.408. The van der Waals surface area contributed by atoms with E-state index in [9.17, 15) is 14.4 Å². The van der Waals surface area contributed by atoms with Gasteiger partial charge < -0.3 is 10.1 Å². The second-order valence-corrected chi connectivity index (χ2v) is 6.29. The van der Waals surface area contributed by atoms with Crippen LogP contribution in [0.3, 0.4) is 0 Å². The number of carbonyl (C=O) groups is 3. The highest BCUT2D eigenvalue weighted by atomic mass is 32.1. The summed E-state index contributed by atoms with van der Waals surface area (Å²) in [6.07, 6.45) is 0. The minimum Gasteiger partial charge on any atom is -0.497 e. The van der Waals surface area contributed by atoms with Crippen LogP contribution in [0.1, 0.15) is 22.2 Å². The summed E-state index contributed by atoms with van der Waals surface area (Å²) in [7, 11) is 1.52. The van der Waals surface area contributed by atoms with Gasteiger partial charge in [-0.1, -0.05) is 18.2 Å². The number of ether oxygens (including phenoxy) is 1. The molecular weight excluding hydrogens is 330 g/mol. The maximum absolute atomic E-state index is 12.7. The van der Waals surface area contributed by atoms with Crippen LogP contribution in [0.5, 0.6) is 5.75 Å². The first kappa shape index (κ1) is 16.0. The van der Waals surface area contributed by atoms with E-state index in [0.717, 1.165) is 0 Å². The number of thiophene rings is 1. The van der Waals surface area contributed by atoms with Crippen molar-refractivity contribution in [2.45, 2.75) is 12.5 Å². The van der Waals surface area contributed by atoms with Gasteiger partial charge in [0, 0.05) is 0 Å². The maximum Gasteiger partial charge on any atom is 0.344 e. The fraction of sp³-hybridized carbons (Fsp3) is 0.188. The summed E-state index contributed by atoms with van der Waals surface area (Å²) in [4.78, 5) is 37.4. The van der Waals surface area contributed by atoms with Crippen molar-refractivity contribution in [3.05, 3.63) is 52.2 Å². The predicted molar refractivity (Wildman–Crippen MR) is 87.5 cm³/mol. The molecule has 2 aromatic rings. The van der Waals surface area contributed by atoms with Gasteiger partial charge in [0.1, 0.15) is 11.3 Å². The van der Waals surface area contributed by atoms with Crippen molar-refractivity contribution in [2.24, 2.45) is 0 Å². The van der Waals surface area contributed by atoms with Crippen LogP contribution in [0.4, 0.5) is 4.79 Å². The fourth-order valence-corrected chi connectivity index (χ4v) is 3.05. The van der Waals surface area contributed by atoms with Crippen LogP contribution in [0.2, 0.25) is 0 Å². The molecule has 2 N–H and O–H groups in total. The summed E-state index contributed by atoms with van der Waals surface area (Å²) >= 11 is 1.22. The Labute approximate surface area is 142 Å². The Balaban J connectivity index is 1.86. The molecule has 0 radical (unpaired) electrons. The topological polar surface area (TPSA) is 87.7 Å². The van der Waals surface area contributed by atoms with Crippen molar-refractivity contribution in [3.8, 4) is 5.75 Å². The van der Waals surface area contributed by atoms with Crippen molar-refractivity contribution in [2.75, 3.05) is 7.11 Å². The number of hydrogen-bond donors (Lipinski definition) is 2. The van der Waals surface area contributed by atoms with Crippen molar-refractivity contribution in [1.82, 2.24) is 15.8 Å². The van der Waals surface area contributed by atoms with Crippen LogP contribution in [0, 0.1) is 0 Å². The predicted octanol–water partition coefficient (Wildman–Crippen LogP) is 1.87. The van der Waals surface area contributed by atoms with Crippen LogP contribution in [-0.2, 0) is 10.3 Å². The molecule has 1 aromatic heterocycles. The molecule has 4 amide bonds. The van der Waals surface area contributed by atoms with Crippen LogP contribution < -0.4 is 15.5 Å². The number of rotatable bonds is 4. The quantitative estimate of drug-likeness (QED) is 0.828. The molecule has 1 aliphatic rings. The van der Waals surface area contributed by atoms with Gasteiger partial charge in [-0.15, -0.1) is 11.3 Å². The molecule has 124 valence electrons. The summed E-state index contributed by atoms with van der Waals surface area (Å²) in [5.74, 6) is -0.508. The molecule has 1 atom stereocenters. The van der Waals surface area contributed by atoms with E-state index < -0.39 is 23.4 Å². The van der Waals surface area contributed by atoms with Gasteiger partial charge in [-0.05, 0) is 36.1 Å². The lowest BCUT2D eigenvalue weighted by Crippen LogP contribution is -2.47. The highest BCUT2D eigenvalue weighted by Crippen LogP contribution is 2.30. The summed E-state index contributed by atoms with van der Waals surface area (Å²) < 4.78 is 5.16. The van der Waals surface area contributed by atoms with Crippen molar-refractivity contribution < 1.29 is 19.1 Å². The Kier molecular flexibility index (Phi) is 3.98. The summed E-state index contributed by atoms with van der Waals surface area (Å²) in [5, 5.41) is 5.07. The number of methoxy groups -OCH3 is 1. The summed E-state index contributed by atoms with van der Waals surface area (Å²) in [5.41, 5.74) is 1.63. The van der Waals surface area contributed by atoms with Crippen LogP contribution in [0.25, 0.3) is 0 Å². The molecule has 1 saturated heterocycles. The van der Waals surface area contributed by atoms with Gasteiger partial charge >= 0.3 is 6.03 Å². The van der Waals surface area contributed by atoms with E-state index in [-0.39, 0.29) is 0 Å². The van der Waals surface area contributed by atoms with Crippen molar-refractivity contribution >= 4 is 29.2 Å². The summed E-state index contributed by atoms with van der Waals surface area (Å²) in [6, 6.07) is 9.49. The average Bonchev–Trinajstić information content (AvgIpc) is 3.19. The largest absolute Gasteiger partial charge is 0.497 e. The number of benzene rings is 1. The molecule has 3 rings (SSSR count). The molecule has 8 heteroatoms. The number of hydrogen-bond acceptors (Lipinski definition) is 5. The first-order valence-corrected chi connectivity index (χ1v) is 7.99. The highest BCUT2D eigenvalue weighted by Gasteiger charge is 2.50. The van der Waals surface area contributed by atoms with Gasteiger partial charge in [0.25, 0.3) is 11.8 Å². The Morgan fingerprint density at radius 1 is 1.29 bits per heavy atom. The van der Waals surface area contributed by atoms with E-state index in [1.165, 1.54) is 18.4 Å². The third kappa shape index (κ3) is 2.61. The van der Waals surface area contributed by atoms with Crippen LogP contribution in [0.15, 0.2) is 41.8 Å². The Morgan fingerprint density at radius 3 is 2.75 bits per heavy atom. The number of urea groups is 1. The Hall–Kier alpha value is -2.87. The zero-order chi connectivity index (χ0) is 17.3. The second-order valence-electron chi connectivity index (χ2n) is 5.35. The molecule has 0 spiro atoms. The molecule has 2 heterocycles. The first-order valence-electron chi connectivity index (χ1n) is 7.11. The lowest BCUT2D eigenvalue weighted by Gasteiger charge is -2.22. The van der Waals surface area contributed by atoms with Gasteiger partial charge in [-0.3, -0.25) is 15.0 Å². The van der Waals surface area contributed by atoms with E-state index in [0.29, 0.717) is 21.2 Å². The van der Waals surface area contributed by atoms with Crippen LogP contribution >= 0.6 is 11.3 Å². The molecular formula is C16H15N3O4S. The van der Waals surface area contributed by atoms with Gasteiger partial charge in [0.2, 0.25) is 0 Å². The monoisotopic (exact) mass is 345 g/mol. The molecule has 7 nitrogen and oxygen atoms in total. The van der Waals surface area contributed by atoms with Crippen molar-refractivity contribution in [3.63, 3.8) is 0 Å². The molecule has 0 unspecified atom stereocenters. The smallest absolute Gasteiger partial charge is 0.344 e. The van der Waals surface area contributed by atoms with Gasteiger partial charge in [0.15, 0.2) is 0 Å². The van der Waals surface area contributed by atoms with E-state index in [1.807, 2.05) is 0 Å². The fourth-order valence-electron chi connectivity index (χ4n) is 2.43. The van der Waals surface area contributed by atoms with Gasteiger partial charge in [0.05, 0.1) is 12.0 Å². The zero-order valence-electron chi connectivity index (χ0n) is 13.0. The number of carbonyl (C=O) groups excluding carboxylic acids is 3. The van der Waals surface area contributed by atoms with E-state index >= 15 is 0 Å². The normalized spacial score (nSPS) is 20.0. The average molecular weight is 345 g/mol. The Morgan fingerprint density at radius 2 is 2.08 bits per heavy atom. The Bertz CT molecular complexity index is 805. The zero-order valence-corrected chi connectivity index (χ0v) is 13.8. The third-order valence-corrected chi connectivity index (χ3v) is 4.66. The molecule has 1 aromatic carbocycles. The molecule has 1 aliphatic heterocycles.